The lowest BCUT2D eigenvalue weighted by Gasteiger charge is -2.28. The average Bonchev–Trinajstić information content (AvgIpc) is 2.41. The first-order valence-corrected chi connectivity index (χ1v) is 6.02. The Morgan fingerprint density at radius 1 is 1.32 bits per heavy atom. The molecular weight excluding hydrogens is 256 g/mol. The largest absolute Gasteiger partial charge is 0.390 e. The standard InChI is InChI=1S/C11H22N2O6/c1-7(10(17)11(18)8(15)5-12)6-13(19)9(16)3-2-4-14/h4,7-8,10-11,15,17-19H,2-3,5-6,12H2,1H3. The predicted molar refractivity (Wildman–Crippen MR) is 65.0 cm³/mol. The van der Waals surface area contributed by atoms with E-state index in [1.165, 1.54) is 6.92 Å². The lowest BCUT2D eigenvalue weighted by atomic mass is 9.96. The number of aliphatic hydroxyl groups excluding tert-OH is 3. The molecule has 0 radical (unpaired) electrons. The Morgan fingerprint density at radius 3 is 2.37 bits per heavy atom. The Hall–Kier alpha value is -1.06. The third-order valence-electron chi connectivity index (χ3n) is 2.79. The SMILES string of the molecule is CC(CN(O)C(=O)CCC=O)C(O)C(O)C(O)CN. The number of aldehydes is 1. The van der Waals surface area contributed by atoms with Crippen LogP contribution in [0, 0.1) is 5.92 Å². The topological polar surface area (TPSA) is 144 Å². The molecule has 8 heteroatoms. The van der Waals surface area contributed by atoms with Gasteiger partial charge in [0.25, 0.3) is 0 Å². The van der Waals surface area contributed by atoms with Gasteiger partial charge in [-0.3, -0.25) is 10.0 Å². The summed E-state index contributed by atoms with van der Waals surface area (Å²) < 4.78 is 0. The van der Waals surface area contributed by atoms with Gasteiger partial charge in [-0.25, -0.2) is 5.06 Å². The number of carbonyl (C=O) groups excluding carboxylic acids is 2. The molecule has 0 spiro atoms. The zero-order valence-corrected chi connectivity index (χ0v) is 10.8. The van der Waals surface area contributed by atoms with Crippen molar-refractivity contribution in [2.45, 2.75) is 38.1 Å². The molecule has 1 amide bonds. The molecule has 6 N–H and O–H groups in total. The van der Waals surface area contributed by atoms with E-state index >= 15 is 0 Å². The number of carbonyl (C=O) groups is 2. The molecule has 19 heavy (non-hydrogen) atoms. The van der Waals surface area contributed by atoms with Gasteiger partial charge in [0.05, 0.1) is 18.8 Å². The Bertz CT molecular complexity index is 288. The number of hydrogen-bond donors (Lipinski definition) is 5. The van der Waals surface area contributed by atoms with E-state index in [1.807, 2.05) is 0 Å². The van der Waals surface area contributed by atoms with Gasteiger partial charge < -0.3 is 25.8 Å². The molecule has 4 atom stereocenters. The van der Waals surface area contributed by atoms with Crippen LogP contribution in [0.2, 0.25) is 0 Å². The fraction of sp³-hybridized carbons (Fsp3) is 0.818. The summed E-state index contributed by atoms with van der Waals surface area (Å²) in [6.07, 6.45) is -3.65. The van der Waals surface area contributed by atoms with Gasteiger partial charge in [-0.2, -0.15) is 0 Å². The third-order valence-corrected chi connectivity index (χ3v) is 2.79. The summed E-state index contributed by atoms with van der Waals surface area (Å²) in [5.41, 5.74) is 5.15. The van der Waals surface area contributed by atoms with E-state index in [9.17, 15) is 30.1 Å². The van der Waals surface area contributed by atoms with Gasteiger partial charge in [-0.1, -0.05) is 6.92 Å². The molecule has 0 aliphatic carbocycles. The zero-order chi connectivity index (χ0) is 15.0. The van der Waals surface area contributed by atoms with Crippen molar-refractivity contribution >= 4 is 12.2 Å². The van der Waals surface area contributed by atoms with E-state index in [0.29, 0.717) is 11.3 Å². The van der Waals surface area contributed by atoms with Gasteiger partial charge in [0, 0.05) is 25.3 Å². The van der Waals surface area contributed by atoms with Gasteiger partial charge in [0.2, 0.25) is 5.91 Å². The van der Waals surface area contributed by atoms with Crippen molar-refractivity contribution in [3.63, 3.8) is 0 Å². The van der Waals surface area contributed by atoms with E-state index in [0.717, 1.165) is 0 Å². The third kappa shape index (κ3) is 6.08. The van der Waals surface area contributed by atoms with Gasteiger partial charge in [-0.05, 0) is 0 Å². The molecular formula is C11H22N2O6. The second kappa shape index (κ2) is 8.94. The first-order valence-electron chi connectivity index (χ1n) is 6.02. The minimum atomic E-state index is -1.46. The summed E-state index contributed by atoms with van der Waals surface area (Å²) in [6.45, 7) is 1.05. The molecule has 0 aromatic carbocycles. The molecule has 8 nitrogen and oxygen atoms in total. The number of nitrogens with zero attached hydrogens (tertiary/aromatic N) is 1. The van der Waals surface area contributed by atoms with E-state index in [1.54, 1.807) is 0 Å². The van der Waals surface area contributed by atoms with Gasteiger partial charge in [-0.15, -0.1) is 0 Å². The number of rotatable bonds is 9. The molecule has 0 saturated heterocycles. The smallest absolute Gasteiger partial charge is 0.246 e. The summed E-state index contributed by atoms with van der Waals surface area (Å²) in [7, 11) is 0. The second-order valence-electron chi connectivity index (χ2n) is 4.44. The van der Waals surface area contributed by atoms with Crippen LogP contribution in [0.25, 0.3) is 0 Å². The highest BCUT2D eigenvalue weighted by molar-refractivity contribution is 5.77. The van der Waals surface area contributed by atoms with Crippen molar-refractivity contribution in [2.24, 2.45) is 11.7 Å². The van der Waals surface area contributed by atoms with E-state index in [2.05, 4.69) is 0 Å². The minimum absolute atomic E-state index is 0.00133. The van der Waals surface area contributed by atoms with Gasteiger partial charge in [0.15, 0.2) is 0 Å². The Labute approximate surface area is 111 Å². The lowest BCUT2D eigenvalue weighted by Crippen LogP contribution is -2.47. The first-order chi connectivity index (χ1) is 8.84. The Kier molecular flexibility index (Phi) is 8.44. The summed E-state index contributed by atoms with van der Waals surface area (Å²) in [5.74, 6) is -1.33. The molecule has 0 aromatic heterocycles. The monoisotopic (exact) mass is 278 g/mol. The van der Waals surface area contributed by atoms with Crippen LogP contribution in [0.15, 0.2) is 0 Å². The van der Waals surface area contributed by atoms with Crippen molar-refractivity contribution in [2.75, 3.05) is 13.1 Å². The zero-order valence-electron chi connectivity index (χ0n) is 10.8. The number of nitrogens with two attached hydrogens (primary N) is 1. The van der Waals surface area contributed by atoms with Crippen LogP contribution < -0.4 is 5.73 Å². The highest BCUT2D eigenvalue weighted by Gasteiger charge is 2.29. The van der Waals surface area contributed by atoms with Crippen LogP contribution >= 0.6 is 0 Å². The quantitative estimate of drug-likeness (QED) is 0.184. The second-order valence-corrected chi connectivity index (χ2v) is 4.44. The summed E-state index contributed by atoms with van der Waals surface area (Å²) in [6, 6.07) is 0. The van der Waals surface area contributed by atoms with Gasteiger partial charge >= 0.3 is 0 Å². The summed E-state index contributed by atoms with van der Waals surface area (Å²) >= 11 is 0. The number of hydroxylamine groups is 2. The number of aliphatic hydroxyl groups is 3. The molecule has 0 heterocycles. The van der Waals surface area contributed by atoms with Crippen LogP contribution in [0.5, 0.6) is 0 Å². The van der Waals surface area contributed by atoms with E-state index < -0.39 is 30.1 Å². The Balaban J connectivity index is 4.30. The summed E-state index contributed by atoms with van der Waals surface area (Å²) in [5, 5.41) is 38.4. The Morgan fingerprint density at radius 2 is 1.89 bits per heavy atom. The van der Waals surface area contributed by atoms with Crippen molar-refractivity contribution in [1.82, 2.24) is 5.06 Å². The molecule has 0 aliphatic heterocycles. The van der Waals surface area contributed by atoms with Crippen LogP contribution in [-0.4, -0.2) is 69.2 Å². The van der Waals surface area contributed by atoms with Crippen LogP contribution in [0.4, 0.5) is 0 Å². The highest BCUT2D eigenvalue weighted by atomic mass is 16.5. The fourth-order valence-corrected chi connectivity index (χ4v) is 1.50. The van der Waals surface area contributed by atoms with Crippen LogP contribution in [-0.2, 0) is 9.59 Å². The van der Waals surface area contributed by atoms with Crippen molar-refractivity contribution in [1.29, 1.82) is 0 Å². The van der Waals surface area contributed by atoms with Crippen LogP contribution in [0.3, 0.4) is 0 Å². The number of amides is 1. The lowest BCUT2D eigenvalue weighted by molar-refractivity contribution is -0.172. The van der Waals surface area contributed by atoms with Crippen LogP contribution in [0.1, 0.15) is 19.8 Å². The maximum absolute atomic E-state index is 11.3. The highest BCUT2D eigenvalue weighted by Crippen LogP contribution is 2.12. The summed E-state index contributed by atoms with van der Waals surface area (Å²) in [4.78, 5) is 21.4. The molecule has 0 rings (SSSR count). The van der Waals surface area contributed by atoms with Crippen molar-refractivity contribution in [3.8, 4) is 0 Å². The fourth-order valence-electron chi connectivity index (χ4n) is 1.50. The molecule has 112 valence electrons. The normalized spacial score (nSPS) is 17.4. The maximum atomic E-state index is 11.3. The molecule has 0 aliphatic rings. The average molecular weight is 278 g/mol. The molecule has 0 bridgehead atoms. The van der Waals surface area contributed by atoms with E-state index in [4.69, 9.17) is 5.73 Å². The maximum Gasteiger partial charge on any atom is 0.246 e. The molecule has 4 unspecified atom stereocenters. The number of hydrogen-bond acceptors (Lipinski definition) is 7. The van der Waals surface area contributed by atoms with Crippen molar-refractivity contribution in [3.05, 3.63) is 0 Å². The molecule has 0 fully saturated rings. The van der Waals surface area contributed by atoms with E-state index in [-0.39, 0.29) is 25.9 Å². The predicted octanol–water partition coefficient (Wildman–Crippen LogP) is -2.14. The molecule has 0 aromatic rings. The van der Waals surface area contributed by atoms with Gasteiger partial charge in [0.1, 0.15) is 12.4 Å². The van der Waals surface area contributed by atoms with Crippen molar-refractivity contribution < 1.29 is 30.1 Å². The minimum Gasteiger partial charge on any atom is -0.390 e. The first kappa shape index (κ1) is 17.9. The molecule has 0 saturated carbocycles.